The van der Waals surface area contributed by atoms with Crippen LogP contribution < -0.4 is 14.3 Å². The normalized spacial score (nSPS) is 11.9. The third kappa shape index (κ3) is 4.48. The summed E-state index contributed by atoms with van der Waals surface area (Å²) in [4.78, 5) is 18.2. The first kappa shape index (κ1) is 21.5. The lowest BCUT2D eigenvalue weighted by Crippen LogP contribution is -2.18. The van der Waals surface area contributed by atoms with Crippen LogP contribution in [-0.4, -0.2) is 36.7 Å². The topological polar surface area (TPSA) is 52.8 Å². The molecule has 0 bridgehead atoms. The molecule has 5 nitrogen and oxygen atoms in total. The number of rotatable bonds is 7. The molecule has 0 saturated heterocycles. The number of nitrogens with zero attached hydrogens (tertiary/aromatic N) is 2. The Kier molecular flexibility index (Phi) is 6.63. The molecule has 160 valence electrons. The number of ether oxygens (including phenoxy) is 2. The van der Waals surface area contributed by atoms with Gasteiger partial charge in [-0.1, -0.05) is 53.8 Å². The van der Waals surface area contributed by atoms with E-state index in [0.29, 0.717) is 16.3 Å². The zero-order valence-electron chi connectivity index (χ0n) is 17.8. The number of thiazole rings is 1. The molecule has 1 amide bonds. The van der Waals surface area contributed by atoms with Crippen LogP contribution in [0.25, 0.3) is 21.0 Å². The average Bonchev–Trinajstić information content (AvgIpc) is 3.12. The second-order valence-corrected chi connectivity index (χ2v) is 9.02. The molecular formula is C24H24N2O3S2. The molecule has 0 saturated carbocycles. The third-order valence-corrected chi connectivity index (χ3v) is 6.78. The summed E-state index contributed by atoms with van der Waals surface area (Å²) in [7, 11) is 3.25. The fourth-order valence-corrected chi connectivity index (χ4v) is 5.09. The first-order chi connectivity index (χ1) is 15.1. The SMILES string of the molecule is COc1cc2sc(=NC(=O)Cc3cccc4ccccc34)n(CCSC)c2cc1OC. The Labute approximate surface area is 189 Å². The van der Waals surface area contributed by atoms with Gasteiger partial charge in [0, 0.05) is 24.4 Å². The highest BCUT2D eigenvalue weighted by Gasteiger charge is 2.14. The van der Waals surface area contributed by atoms with Gasteiger partial charge in [-0.15, -0.1) is 0 Å². The van der Waals surface area contributed by atoms with Crippen LogP contribution in [0.5, 0.6) is 11.5 Å². The van der Waals surface area contributed by atoms with Gasteiger partial charge in [0.25, 0.3) is 5.91 Å². The van der Waals surface area contributed by atoms with E-state index in [0.717, 1.165) is 38.9 Å². The summed E-state index contributed by atoms with van der Waals surface area (Å²) < 4.78 is 14.0. The number of methoxy groups -OCH3 is 2. The van der Waals surface area contributed by atoms with E-state index in [2.05, 4.69) is 34.0 Å². The van der Waals surface area contributed by atoms with Gasteiger partial charge in [-0.3, -0.25) is 4.79 Å². The van der Waals surface area contributed by atoms with Crippen LogP contribution in [0, 0.1) is 0 Å². The van der Waals surface area contributed by atoms with E-state index in [1.807, 2.05) is 36.4 Å². The number of fused-ring (bicyclic) bond motifs is 2. The summed E-state index contributed by atoms with van der Waals surface area (Å²) in [6.07, 6.45) is 2.34. The van der Waals surface area contributed by atoms with Crippen LogP contribution >= 0.6 is 23.1 Å². The lowest BCUT2D eigenvalue weighted by atomic mass is 10.0. The van der Waals surface area contributed by atoms with E-state index >= 15 is 0 Å². The summed E-state index contributed by atoms with van der Waals surface area (Å²) in [5.41, 5.74) is 1.99. The molecule has 3 aromatic carbocycles. The van der Waals surface area contributed by atoms with Crippen LogP contribution in [-0.2, 0) is 17.8 Å². The molecule has 0 aliphatic heterocycles. The van der Waals surface area contributed by atoms with Gasteiger partial charge in [0.1, 0.15) is 0 Å². The van der Waals surface area contributed by atoms with Crippen molar-refractivity contribution in [2.24, 2.45) is 4.99 Å². The summed E-state index contributed by atoms with van der Waals surface area (Å²) in [6, 6.07) is 18.1. The number of benzene rings is 3. The fourth-order valence-electron chi connectivity index (χ4n) is 3.64. The second-order valence-electron chi connectivity index (χ2n) is 7.02. The number of thioether (sulfide) groups is 1. The lowest BCUT2D eigenvalue weighted by Gasteiger charge is -2.09. The van der Waals surface area contributed by atoms with Crippen LogP contribution in [0.4, 0.5) is 0 Å². The molecule has 0 fully saturated rings. The van der Waals surface area contributed by atoms with E-state index < -0.39 is 0 Å². The molecular weight excluding hydrogens is 428 g/mol. The van der Waals surface area contributed by atoms with Crippen LogP contribution in [0.15, 0.2) is 59.6 Å². The van der Waals surface area contributed by atoms with E-state index in [1.54, 1.807) is 26.0 Å². The van der Waals surface area contributed by atoms with Crippen molar-refractivity contribution in [3.8, 4) is 11.5 Å². The van der Waals surface area contributed by atoms with E-state index in [9.17, 15) is 4.79 Å². The molecule has 1 aromatic heterocycles. The monoisotopic (exact) mass is 452 g/mol. The molecule has 0 radical (unpaired) electrons. The molecule has 0 spiro atoms. The first-order valence-electron chi connectivity index (χ1n) is 9.93. The Morgan fingerprint density at radius 1 is 1.06 bits per heavy atom. The van der Waals surface area contributed by atoms with Gasteiger partial charge in [-0.2, -0.15) is 16.8 Å². The van der Waals surface area contributed by atoms with Gasteiger partial charge < -0.3 is 14.0 Å². The van der Waals surface area contributed by atoms with Crippen molar-refractivity contribution in [2.75, 3.05) is 26.2 Å². The summed E-state index contributed by atoms with van der Waals surface area (Å²) in [6.45, 7) is 0.761. The molecule has 0 N–H and O–H groups in total. The number of amides is 1. The highest BCUT2D eigenvalue weighted by molar-refractivity contribution is 7.98. The molecule has 0 atom stereocenters. The maximum atomic E-state index is 12.9. The van der Waals surface area contributed by atoms with Crippen molar-refractivity contribution in [2.45, 2.75) is 13.0 Å². The Hall–Kier alpha value is -2.77. The summed E-state index contributed by atoms with van der Waals surface area (Å²) >= 11 is 3.26. The summed E-state index contributed by atoms with van der Waals surface area (Å²) in [5, 5.41) is 2.22. The van der Waals surface area contributed by atoms with Crippen LogP contribution in [0.3, 0.4) is 0 Å². The predicted molar refractivity (Wildman–Crippen MR) is 130 cm³/mol. The Balaban J connectivity index is 1.76. The Morgan fingerprint density at radius 3 is 2.58 bits per heavy atom. The number of carbonyl (C=O) groups is 1. The van der Waals surface area contributed by atoms with Crippen molar-refractivity contribution in [3.63, 3.8) is 0 Å². The van der Waals surface area contributed by atoms with Gasteiger partial charge in [-0.25, -0.2) is 0 Å². The molecule has 1 heterocycles. The first-order valence-corrected chi connectivity index (χ1v) is 12.1. The quantitative estimate of drug-likeness (QED) is 0.400. The number of aryl methyl sites for hydroxylation is 1. The molecule has 0 aliphatic carbocycles. The number of hydrogen-bond donors (Lipinski definition) is 0. The van der Waals surface area contributed by atoms with Crippen LogP contribution in [0.1, 0.15) is 5.56 Å². The van der Waals surface area contributed by atoms with Crippen LogP contribution in [0.2, 0.25) is 0 Å². The maximum Gasteiger partial charge on any atom is 0.252 e. The van der Waals surface area contributed by atoms with Crippen molar-refractivity contribution in [1.29, 1.82) is 0 Å². The third-order valence-electron chi connectivity index (χ3n) is 5.15. The second kappa shape index (κ2) is 9.58. The minimum absolute atomic E-state index is 0.153. The molecule has 7 heteroatoms. The average molecular weight is 453 g/mol. The van der Waals surface area contributed by atoms with E-state index in [-0.39, 0.29) is 12.3 Å². The zero-order chi connectivity index (χ0) is 21.8. The van der Waals surface area contributed by atoms with Crippen molar-refractivity contribution >= 4 is 50.0 Å². The molecule has 4 aromatic rings. The smallest absolute Gasteiger partial charge is 0.252 e. The fraction of sp³-hybridized carbons (Fsp3) is 0.250. The minimum Gasteiger partial charge on any atom is -0.493 e. The Morgan fingerprint density at radius 2 is 1.81 bits per heavy atom. The number of hydrogen-bond acceptors (Lipinski definition) is 5. The highest BCUT2D eigenvalue weighted by Crippen LogP contribution is 2.33. The minimum atomic E-state index is -0.153. The zero-order valence-corrected chi connectivity index (χ0v) is 19.4. The molecule has 31 heavy (non-hydrogen) atoms. The van der Waals surface area contributed by atoms with Gasteiger partial charge in [0.15, 0.2) is 16.3 Å². The standard InChI is InChI=1S/C24H24N2O3S2/c1-28-20-14-19-22(15-21(20)29-2)31-24(26(19)11-12-30-3)25-23(27)13-17-9-6-8-16-7-4-5-10-18(16)17/h4-10,14-15H,11-13H2,1-3H3. The predicted octanol–water partition coefficient (Wildman–Crippen LogP) is 4.91. The van der Waals surface area contributed by atoms with Crippen molar-refractivity contribution < 1.29 is 14.3 Å². The van der Waals surface area contributed by atoms with Crippen molar-refractivity contribution in [3.05, 3.63) is 65.0 Å². The summed E-state index contributed by atoms with van der Waals surface area (Å²) in [5.74, 6) is 2.10. The largest absolute Gasteiger partial charge is 0.493 e. The van der Waals surface area contributed by atoms with Gasteiger partial charge in [-0.05, 0) is 22.6 Å². The lowest BCUT2D eigenvalue weighted by molar-refractivity contribution is -0.117. The highest BCUT2D eigenvalue weighted by atomic mass is 32.2. The van der Waals surface area contributed by atoms with Crippen molar-refractivity contribution in [1.82, 2.24) is 4.57 Å². The van der Waals surface area contributed by atoms with E-state index in [1.165, 1.54) is 11.3 Å². The molecule has 0 aliphatic rings. The maximum absolute atomic E-state index is 12.9. The van der Waals surface area contributed by atoms with Gasteiger partial charge in [0.2, 0.25) is 0 Å². The van der Waals surface area contributed by atoms with Gasteiger partial charge in [0.05, 0.1) is 30.9 Å². The number of carbonyl (C=O) groups excluding carboxylic acids is 1. The number of aromatic nitrogens is 1. The molecule has 0 unspecified atom stereocenters. The van der Waals surface area contributed by atoms with Gasteiger partial charge >= 0.3 is 0 Å². The Bertz CT molecular complexity index is 1300. The van der Waals surface area contributed by atoms with E-state index in [4.69, 9.17) is 9.47 Å². The molecule has 4 rings (SSSR count).